The van der Waals surface area contributed by atoms with Crippen LogP contribution in [0.15, 0.2) is 59.5 Å². The number of ether oxygens (including phenoxy) is 1. The van der Waals surface area contributed by atoms with Crippen molar-refractivity contribution in [1.29, 1.82) is 0 Å². The molecule has 1 N–H and O–H groups in total. The van der Waals surface area contributed by atoms with Gasteiger partial charge in [0, 0.05) is 16.7 Å². The first-order chi connectivity index (χ1) is 12.1. The molecule has 0 heterocycles. The smallest absolute Gasteiger partial charge is 0.407 e. The molecule has 0 fully saturated rings. The van der Waals surface area contributed by atoms with Crippen molar-refractivity contribution < 1.29 is 13.7 Å². The van der Waals surface area contributed by atoms with Gasteiger partial charge >= 0.3 is 6.09 Å². The highest BCUT2D eigenvalue weighted by atomic mass is 32.2. The minimum absolute atomic E-state index is 0.171. The van der Waals surface area contributed by atoms with Gasteiger partial charge < -0.3 is 10.1 Å². The number of nitrogens with one attached hydrogen (secondary N) is 1. The third-order valence-electron chi connectivity index (χ3n) is 3.81. The van der Waals surface area contributed by atoms with E-state index in [0.29, 0.717) is 5.75 Å². The molecule has 5 heteroatoms. The zero-order valence-electron chi connectivity index (χ0n) is 14.7. The molecular formula is C20H25NO3S. The SMILES string of the molecule is CCCC(CS(=O)c1ccc(C)cc1)NC(=O)OCc1ccccc1. The Hall–Kier alpha value is -2.14. The first-order valence-electron chi connectivity index (χ1n) is 8.50. The molecule has 2 atom stereocenters. The first kappa shape index (κ1) is 19.2. The van der Waals surface area contributed by atoms with Crippen LogP contribution in [0.2, 0.25) is 0 Å². The fourth-order valence-corrected chi connectivity index (χ4v) is 3.69. The molecule has 0 aliphatic heterocycles. The van der Waals surface area contributed by atoms with Gasteiger partial charge in [-0.05, 0) is 31.0 Å². The lowest BCUT2D eigenvalue weighted by molar-refractivity contribution is 0.136. The molecule has 1 amide bonds. The van der Waals surface area contributed by atoms with Crippen molar-refractivity contribution in [2.45, 2.75) is 44.2 Å². The van der Waals surface area contributed by atoms with Crippen LogP contribution in [0, 0.1) is 6.92 Å². The van der Waals surface area contributed by atoms with Crippen LogP contribution in [0.5, 0.6) is 0 Å². The van der Waals surface area contributed by atoms with Crippen molar-refractivity contribution in [3.8, 4) is 0 Å². The number of hydrogen-bond acceptors (Lipinski definition) is 3. The molecule has 4 nitrogen and oxygen atoms in total. The van der Waals surface area contributed by atoms with Crippen LogP contribution in [0.25, 0.3) is 0 Å². The minimum Gasteiger partial charge on any atom is -0.445 e. The third-order valence-corrected chi connectivity index (χ3v) is 5.31. The van der Waals surface area contributed by atoms with Crippen LogP contribution in [0.3, 0.4) is 0 Å². The number of amides is 1. The average molecular weight is 359 g/mol. The molecule has 0 aromatic heterocycles. The number of aryl methyl sites for hydroxylation is 1. The van der Waals surface area contributed by atoms with Crippen molar-refractivity contribution in [2.75, 3.05) is 5.75 Å². The van der Waals surface area contributed by atoms with Gasteiger partial charge in [-0.25, -0.2) is 4.79 Å². The summed E-state index contributed by atoms with van der Waals surface area (Å²) in [5.41, 5.74) is 2.07. The highest BCUT2D eigenvalue weighted by Gasteiger charge is 2.17. The molecule has 0 saturated heterocycles. The van der Waals surface area contributed by atoms with Crippen LogP contribution < -0.4 is 5.32 Å². The van der Waals surface area contributed by atoms with Crippen molar-refractivity contribution >= 4 is 16.9 Å². The van der Waals surface area contributed by atoms with E-state index in [1.54, 1.807) is 0 Å². The maximum absolute atomic E-state index is 12.5. The van der Waals surface area contributed by atoms with E-state index in [-0.39, 0.29) is 12.6 Å². The lowest BCUT2D eigenvalue weighted by atomic mass is 10.2. The highest BCUT2D eigenvalue weighted by Crippen LogP contribution is 2.11. The Balaban J connectivity index is 1.87. The van der Waals surface area contributed by atoms with Gasteiger partial charge in [0.2, 0.25) is 0 Å². The lowest BCUT2D eigenvalue weighted by Gasteiger charge is -2.18. The fourth-order valence-electron chi connectivity index (χ4n) is 2.45. The van der Waals surface area contributed by atoms with E-state index in [1.165, 1.54) is 0 Å². The molecule has 2 aromatic carbocycles. The molecule has 0 aliphatic carbocycles. The second kappa shape index (κ2) is 9.99. The Labute approximate surface area is 152 Å². The predicted molar refractivity (Wildman–Crippen MR) is 101 cm³/mol. The number of rotatable bonds is 8. The van der Waals surface area contributed by atoms with Crippen molar-refractivity contribution in [2.24, 2.45) is 0 Å². The minimum atomic E-state index is -1.15. The average Bonchev–Trinajstić information content (AvgIpc) is 2.61. The topological polar surface area (TPSA) is 55.4 Å². The monoisotopic (exact) mass is 359 g/mol. The summed E-state index contributed by atoms with van der Waals surface area (Å²) >= 11 is 0. The molecule has 25 heavy (non-hydrogen) atoms. The second-order valence-electron chi connectivity index (χ2n) is 6.02. The van der Waals surface area contributed by atoms with Gasteiger partial charge in [-0.3, -0.25) is 4.21 Å². The summed E-state index contributed by atoms with van der Waals surface area (Å²) in [6, 6.07) is 17.0. The van der Waals surface area contributed by atoms with Crippen molar-refractivity contribution in [1.82, 2.24) is 5.32 Å². The Kier molecular flexibility index (Phi) is 7.67. The van der Waals surface area contributed by atoms with E-state index < -0.39 is 16.9 Å². The van der Waals surface area contributed by atoms with Crippen molar-refractivity contribution in [3.63, 3.8) is 0 Å². The molecule has 0 radical (unpaired) electrons. The van der Waals surface area contributed by atoms with Gasteiger partial charge in [0.15, 0.2) is 0 Å². The molecule has 0 bridgehead atoms. The first-order valence-corrected chi connectivity index (χ1v) is 9.82. The summed E-state index contributed by atoms with van der Waals surface area (Å²) in [7, 11) is -1.15. The maximum atomic E-state index is 12.5. The molecular weight excluding hydrogens is 334 g/mol. The Morgan fingerprint density at radius 3 is 2.44 bits per heavy atom. The number of carbonyl (C=O) groups excluding carboxylic acids is 1. The van der Waals surface area contributed by atoms with E-state index in [9.17, 15) is 9.00 Å². The van der Waals surface area contributed by atoms with E-state index in [0.717, 1.165) is 28.9 Å². The summed E-state index contributed by atoms with van der Waals surface area (Å²) in [4.78, 5) is 12.8. The molecule has 2 unspecified atom stereocenters. The second-order valence-corrected chi connectivity index (χ2v) is 7.51. The van der Waals surface area contributed by atoms with Gasteiger partial charge in [0.25, 0.3) is 0 Å². The lowest BCUT2D eigenvalue weighted by Crippen LogP contribution is -2.38. The molecule has 0 spiro atoms. The normalized spacial score (nSPS) is 13.0. The van der Waals surface area contributed by atoms with Gasteiger partial charge in [0.1, 0.15) is 6.61 Å². The molecule has 2 rings (SSSR count). The largest absolute Gasteiger partial charge is 0.445 e. The van der Waals surface area contributed by atoms with Gasteiger partial charge in [-0.1, -0.05) is 61.4 Å². The Bertz CT molecular complexity index is 686. The van der Waals surface area contributed by atoms with Gasteiger partial charge in [-0.2, -0.15) is 0 Å². The van der Waals surface area contributed by atoms with E-state index >= 15 is 0 Å². The quantitative estimate of drug-likeness (QED) is 0.768. The van der Waals surface area contributed by atoms with Crippen LogP contribution in [0.1, 0.15) is 30.9 Å². The van der Waals surface area contributed by atoms with Gasteiger partial charge in [-0.15, -0.1) is 0 Å². The molecule has 0 saturated carbocycles. The summed E-state index contributed by atoms with van der Waals surface area (Å²) < 4.78 is 17.8. The zero-order chi connectivity index (χ0) is 18.1. The molecule has 134 valence electrons. The zero-order valence-corrected chi connectivity index (χ0v) is 15.6. The standard InChI is InChI=1S/C20H25NO3S/c1-3-7-18(15-25(23)19-12-10-16(2)11-13-19)21-20(22)24-14-17-8-5-4-6-9-17/h4-6,8-13,18H,3,7,14-15H2,1-2H3,(H,21,22). The van der Waals surface area contributed by atoms with Gasteiger partial charge in [0.05, 0.1) is 10.8 Å². The van der Waals surface area contributed by atoms with Crippen LogP contribution in [-0.4, -0.2) is 22.1 Å². The molecule has 2 aromatic rings. The summed E-state index contributed by atoms with van der Waals surface area (Å²) in [6.45, 7) is 4.27. The van der Waals surface area contributed by atoms with E-state index in [4.69, 9.17) is 4.74 Å². The van der Waals surface area contributed by atoms with E-state index in [1.807, 2.05) is 68.4 Å². The predicted octanol–water partition coefficient (Wildman–Crippen LogP) is 4.20. The summed E-state index contributed by atoms with van der Waals surface area (Å²) in [6.07, 6.45) is 1.19. The van der Waals surface area contributed by atoms with Crippen LogP contribution in [0.4, 0.5) is 4.79 Å². The molecule has 0 aliphatic rings. The van der Waals surface area contributed by atoms with Crippen LogP contribution >= 0.6 is 0 Å². The van der Waals surface area contributed by atoms with Crippen LogP contribution in [-0.2, 0) is 22.1 Å². The number of hydrogen-bond donors (Lipinski definition) is 1. The number of alkyl carbamates (subject to hydrolysis) is 1. The Morgan fingerprint density at radius 2 is 1.80 bits per heavy atom. The maximum Gasteiger partial charge on any atom is 0.407 e. The number of carbonyl (C=O) groups is 1. The number of benzene rings is 2. The fraction of sp³-hybridized carbons (Fsp3) is 0.350. The summed E-state index contributed by atoms with van der Waals surface area (Å²) in [5, 5.41) is 2.85. The Morgan fingerprint density at radius 1 is 1.12 bits per heavy atom. The van der Waals surface area contributed by atoms with E-state index in [2.05, 4.69) is 5.32 Å². The third kappa shape index (κ3) is 6.70. The summed E-state index contributed by atoms with van der Waals surface area (Å²) in [5.74, 6) is 0.386. The van der Waals surface area contributed by atoms with Crippen molar-refractivity contribution in [3.05, 3.63) is 65.7 Å². The highest BCUT2D eigenvalue weighted by molar-refractivity contribution is 7.85.